The Morgan fingerprint density at radius 1 is 1.20 bits per heavy atom. The number of hydrogen-bond acceptors (Lipinski definition) is 4. The van der Waals surface area contributed by atoms with Crippen molar-refractivity contribution in [1.29, 1.82) is 0 Å². The van der Waals surface area contributed by atoms with Crippen molar-refractivity contribution in [1.82, 2.24) is 5.06 Å². The van der Waals surface area contributed by atoms with Gasteiger partial charge in [0.15, 0.2) is 11.5 Å². The van der Waals surface area contributed by atoms with Crippen LogP contribution in [-0.4, -0.2) is 31.0 Å². The van der Waals surface area contributed by atoms with Crippen molar-refractivity contribution >= 4 is 11.7 Å². The lowest BCUT2D eigenvalue weighted by Gasteiger charge is -2.15. The summed E-state index contributed by atoms with van der Waals surface area (Å²) in [5.74, 6) is -0.395. The van der Waals surface area contributed by atoms with E-state index in [4.69, 9.17) is 9.57 Å². The van der Waals surface area contributed by atoms with E-state index in [0.29, 0.717) is 11.3 Å². The van der Waals surface area contributed by atoms with Crippen molar-refractivity contribution < 1.29 is 19.2 Å². The van der Waals surface area contributed by atoms with Gasteiger partial charge in [0.25, 0.3) is 0 Å². The fraction of sp³-hybridized carbons (Fsp3) is 0.200. The number of allylic oxidation sites excluding steroid dienone is 3. The van der Waals surface area contributed by atoms with Gasteiger partial charge in [-0.25, -0.2) is 0 Å². The van der Waals surface area contributed by atoms with E-state index in [1.807, 2.05) is 0 Å². The van der Waals surface area contributed by atoms with E-state index >= 15 is 0 Å². The second-order valence-electron chi connectivity index (χ2n) is 2.99. The third-order valence-electron chi connectivity index (χ3n) is 2.20. The average Bonchev–Trinajstić information content (AvgIpc) is 2.48. The van der Waals surface area contributed by atoms with Crippen molar-refractivity contribution in [3.8, 4) is 0 Å². The molecule has 0 aromatic heterocycles. The van der Waals surface area contributed by atoms with Crippen LogP contribution < -0.4 is 0 Å². The number of carbonyl (C=O) groups is 2. The van der Waals surface area contributed by atoms with E-state index in [1.54, 1.807) is 6.08 Å². The molecule has 1 aliphatic heterocycles. The molecule has 0 fully saturated rings. The number of nitrogens with zero attached hydrogens (tertiary/aromatic N) is 1. The number of fused-ring (bicyclic) bond motifs is 1. The molecule has 1 aliphatic carbocycles. The van der Waals surface area contributed by atoms with Crippen molar-refractivity contribution in [3.63, 3.8) is 0 Å². The third-order valence-corrected chi connectivity index (χ3v) is 2.20. The van der Waals surface area contributed by atoms with Gasteiger partial charge in [-0.3, -0.25) is 14.4 Å². The summed E-state index contributed by atoms with van der Waals surface area (Å²) in [6.45, 7) is 0. The molecule has 0 aromatic rings. The van der Waals surface area contributed by atoms with Crippen LogP contribution in [0, 0.1) is 0 Å². The summed E-state index contributed by atoms with van der Waals surface area (Å²) in [7, 11) is 2.76. The highest BCUT2D eigenvalue weighted by Gasteiger charge is 2.37. The second kappa shape index (κ2) is 3.36. The van der Waals surface area contributed by atoms with Crippen molar-refractivity contribution in [2.24, 2.45) is 0 Å². The zero-order valence-electron chi connectivity index (χ0n) is 8.31. The van der Waals surface area contributed by atoms with Gasteiger partial charge >= 0.3 is 5.91 Å². The molecule has 0 N–H and O–H groups in total. The molecule has 0 saturated carbocycles. The molecule has 1 amide bonds. The Morgan fingerprint density at radius 3 is 2.53 bits per heavy atom. The summed E-state index contributed by atoms with van der Waals surface area (Å²) in [5, 5.41) is 1.04. The molecule has 0 bridgehead atoms. The largest absolute Gasteiger partial charge is 0.491 e. The molecule has 2 aliphatic rings. The van der Waals surface area contributed by atoms with Gasteiger partial charge in [-0.2, -0.15) is 5.06 Å². The topological polar surface area (TPSA) is 55.8 Å². The van der Waals surface area contributed by atoms with Gasteiger partial charge in [0.2, 0.25) is 0 Å². The van der Waals surface area contributed by atoms with E-state index in [2.05, 4.69) is 0 Å². The maximum absolute atomic E-state index is 11.7. The van der Waals surface area contributed by atoms with Gasteiger partial charge in [0, 0.05) is 11.6 Å². The van der Waals surface area contributed by atoms with Crippen LogP contribution in [0.3, 0.4) is 0 Å². The molecule has 0 atom stereocenters. The first kappa shape index (κ1) is 9.67. The number of methoxy groups -OCH3 is 1. The number of rotatable bonds is 2. The third kappa shape index (κ3) is 1.28. The van der Waals surface area contributed by atoms with Crippen molar-refractivity contribution in [2.45, 2.75) is 0 Å². The number of hydrogen-bond donors (Lipinski definition) is 0. The Balaban J connectivity index is 2.53. The van der Waals surface area contributed by atoms with Gasteiger partial charge in [-0.05, 0) is 12.2 Å². The van der Waals surface area contributed by atoms with E-state index in [-0.39, 0.29) is 11.5 Å². The molecule has 15 heavy (non-hydrogen) atoms. The predicted molar refractivity (Wildman–Crippen MR) is 50.1 cm³/mol. The van der Waals surface area contributed by atoms with E-state index in [1.165, 1.54) is 26.4 Å². The number of amides is 1. The first-order valence-electron chi connectivity index (χ1n) is 4.30. The molecule has 2 rings (SSSR count). The smallest absolute Gasteiger partial charge is 0.317 e. The molecular formula is C10H9NO4. The average molecular weight is 207 g/mol. The molecule has 5 heteroatoms. The van der Waals surface area contributed by atoms with Crippen LogP contribution in [0.15, 0.2) is 35.3 Å². The molecule has 0 unspecified atom stereocenters. The molecule has 0 saturated heterocycles. The van der Waals surface area contributed by atoms with Crippen LogP contribution in [0.5, 0.6) is 0 Å². The van der Waals surface area contributed by atoms with Crippen LogP contribution in [0.4, 0.5) is 0 Å². The van der Waals surface area contributed by atoms with Crippen molar-refractivity contribution in [2.75, 3.05) is 14.2 Å². The molecule has 78 valence electrons. The van der Waals surface area contributed by atoms with Crippen LogP contribution in [-0.2, 0) is 19.2 Å². The van der Waals surface area contributed by atoms with Crippen LogP contribution in [0.25, 0.3) is 0 Å². The second-order valence-corrected chi connectivity index (χ2v) is 2.99. The van der Waals surface area contributed by atoms with Gasteiger partial charge < -0.3 is 4.74 Å². The molecule has 0 aromatic carbocycles. The maximum atomic E-state index is 11.7. The molecular weight excluding hydrogens is 198 g/mol. The molecule has 1 heterocycles. The van der Waals surface area contributed by atoms with Gasteiger partial charge in [-0.15, -0.1) is 0 Å². The predicted octanol–water partition coefficient (Wildman–Crippen LogP) is 0.313. The quantitative estimate of drug-likeness (QED) is 0.654. The minimum Gasteiger partial charge on any atom is -0.491 e. The Morgan fingerprint density at radius 2 is 1.93 bits per heavy atom. The number of hydroxylamine groups is 2. The first-order valence-corrected chi connectivity index (χ1v) is 4.30. The fourth-order valence-electron chi connectivity index (χ4n) is 1.57. The highest BCUT2D eigenvalue weighted by atomic mass is 16.7. The first-order chi connectivity index (χ1) is 7.19. The Bertz CT molecular complexity index is 431. The SMILES string of the molecule is COC1=C2C=CC(=O)C=C2N(OC)C1=O. The van der Waals surface area contributed by atoms with Gasteiger partial charge in [0.1, 0.15) is 0 Å². The zero-order valence-corrected chi connectivity index (χ0v) is 8.31. The lowest BCUT2D eigenvalue weighted by atomic mass is 10.1. The molecule has 5 nitrogen and oxygen atoms in total. The zero-order chi connectivity index (χ0) is 11.0. The maximum Gasteiger partial charge on any atom is 0.317 e. The summed E-state index contributed by atoms with van der Waals surface area (Å²) in [5.41, 5.74) is 0.996. The lowest BCUT2D eigenvalue weighted by molar-refractivity contribution is -0.160. The van der Waals surface area contributed by atoms with Crippen LogP contribution in [0.1, 0.15) is 0 Å². The normalized spacial score (nSPS) is 19.6. The van der Waals surface area contributed by atoms with Crippen molar-refractivity contribution in [3.05, 3.63) is 35.3 Å². The van der Waals surface area contributed by atoms with E-state index in [9.17, 15) is 9.59 Å². The van der Waals surface area contributed by atoms with Crippen LogP contribution >= 0.6 is 0 Å². The summed E-state index contributed by atoms with van der Waals surface area (Å²) < 4.78 is 4.97. The monoisotopic (exact) mass is 207 g/mol. The minimum absolute atomic E-state index is 0.180. The fourth-order valence-corrected chi connectivity index (χ4v) is 1.57. The number of ether oxygens (including phenoxy) is 1. The van der Waals surface area contributed by atoms with Gasteiger partial charge in [0.05, 0.1) is 19.9 Å². The highest BCUT2D eigenvalue weighted by molar-refractivity contribution is 6.07. The van der Waals surface area contributed by atoms with Crippen LogP contribution in [0.2, 0.25) is 0 Å². The Labute approximate surface area is 86.2 Å². The molecule has 0 radical (unpaired) electrons. The molecule has 0 spiro atoms. The summed E-state index contributed by atoms with van der Waals surface area (Å²) in [6, 6.07) is 0. The van der Waals surface area contributed by atoms with E-state index in [0.717, 1.165) is 5.06 Å². The Kier molecular flexibility index (Phi) is 2.17. The number of carbonyl (C=O) groups excluding carboxylic acids is 2. The minimum atomic E-state index is -0.402. The standard InChI is InChI=1S/C10H9NO4/c1-14-9-7-4-3-6(12)5-8(7)11(15-2)10(9)13/h3-5H,1-2H3. The number of ketones is 1. The summed E-state index contributed by atoms with van der Waals surface area (Å²) >= 11 is 0. The lowest BCUT2D eigenvalue weighted by Crippen LogP contribution is -2.25. The Hall–Kier alpha value is -1.88. The summed E-state index contributed by atoms with van der Waals surface area (Å²) in [6.07, 6.45) is 4.26. The van der Waals surface area contributed by atoms with E-state index < -0.39 is 5.91 Å². The summed E-state index contributed by atoms with van der Waals surface area (Å²) in [4.78, 5) is 27.7. The van der Waals surface area contributed by atoms with Gasteiger partial charge in [-0.1, -0.05) is 0 Å². The highest BCUT2D eigenvalue weighted by Crippen LogP contribution is 2.32.